The molecule has 8 heteroatoms. The van der Waals surface area contributed by atoms with Gasteiger partial charge in [0.15, 0.2) is 0 Å². The number of amides is 1. The molecule has 1 heterocycles. The molecule has 0 aliphatic heterocycles. The van der Waals surface area contributed by atoms with E-state index in [1.807, 2.05) is 30.7 Å². The number of hydrogen-bond donors (Lipinski definition) is 2. The third kappa shape index (κ3) is 5.75. The number of anilines is 2. The summed E-state index contributed by atoms with van der Waals surface area (Å²) in [6.07, 6.45) is 2.49. The molecule has 1 amide bonds. The average Bonchev–Trinajstić information content (AvgIpc) is 3.33. The third-order valence-electron chi connectivity index (χ3n) is 4.69. The zero-order chi connectivity index (χ0) is 19.3. The first kappa shape index (κ1) is 20.8. The van der Waals surface area contributed by atoms with Gasteiger partial charge < -0.3 is 24.4 Å². The molecule has 1 aliphatic carbocycles. The van der Waals surface area contributed by atoms with Crippen LogP contribution in [0.4, 0.5) is 11.6 Å². The van der Waals surface area contributed by atoms with Crippen molar-refractivity contribution in [1.82, 2.24) is 10.3 Å². The molecule has 2 N–H and O–H groups in total. The van der Waals surface area contributed by atoms with Gasteiger partial charge in [-0.3, -0.25) is 4.79 Å². The van der Waals surface area contributed by atoms with Crippen LogP contribution < -0.4 is 14.5 Å². The van der Waals surface area contributed by atoms with Gasteiger partial charge in [-0.15, -0.1) is 0 Å². The van der Waals surface area contributed by atoms with E-state index in [1.54, 1.807) is 6.07 Å². The molecule has 0 bridgehead atoms. The van der Waals surface area contributed by atoms with Crippen molar-refractivity contribution in [3.8, 4) is 0 Å². The molecule has 2 unspecified atom stereocenters. The van der Waals surface area contributed by atoms with E-state index in [-0.39, 0.29) is 19.1 Å². The molecule has 7 nitrogen and oxygen atoms in total. The van der Waals surface area contributed by atoms with E-state index in [1.165, 1.54) is 25.5 Å². The van der Waals surface area contributed by atoms with E-state index in [9.17, 15) is 9.90 Å². The van der Waals surface area contributed by atoms with Gasteiger partial charge in [0.05, 0.1) is 12.7 Å². The molecule has 1 aromatic rings. The van der Waals surface area contributed by atoms with Crippen molar-refractivity contribution in [1.29, 1.82) is 0 Å². The largest absolute Gasteiger partial charge is 0.389 e. The number of nitrogens with one attached hydrogen (secondary N) is 1. The molecular formula is C18H30N4O3S. The molecule has 3 atom stereocenters. The molecule has 26 heavy (non-hydrogen) atoms. The Morgan fingerprint density at radius 3 is 2.69 bits per heavy atom. The highest BCUT2D eigenvalue weighted by molar-refractivity contribution is 7.99. The van der Waals surface area contributed by atoms with Gasteiger partial charge in [0.2, 0.25) is 0 Å². The van der Waals surface area contributed by atoms with Crippen LogP contribution in [0.1, 0.15) is 23.7 Å². The minimum absolute atomic E-state index is 0.146. The fourth-order valence-corrected chi connectivity index (χ4v) is 3.03. The Kier molecular flexibility index (Phi) is 7.55. The lowest BCUT2D eigenvalue weighted by atomic mass is 10.2. The van der Waals surface area contributed by atoms with Crippen LogP contribution in [0.15, 0.2) is 12.1 Å². The molecule has 1 fully saturated rings. The number of aliphatic hydroxyl groups excluding tert-OH is 1. The van der Waals surface area contributed by atoms with Crippen LogP contribution in [0.5, 0.6) is 0 Å². The lowest BCUT2D eigenvalue weighted by molar-refractivity contribution is 0.0610. The standard InChI is InChI=1S/C18H30N4O3S/c1-12-6-14(12)10-21(2)16-7-13(8-17(20-16)22(3)26-5)18(24)19-9-15(23)11-25-4/h7-8,12,14-15,23H,6,9-11H2,1-5H3,(H,19,24)/t12-,14?,15?/m0/s1. The number of carbonyl (C=O) groups is 1. The average molecular weight is 383 g/mol. The van der Waals surface area contributed by atoms with E-state index >= 15 is 0 Å². The quantitative estimate of drug-likeness (QED) is 0.596. The van der Waals surface area contributed by atoms with Crippen molar-refractivity contribution in [2.45, 2.75) is 19.4 Å². The summed E-state index contributed by atoms with van der Waals surface area (Å²) >= 11 is 1.53. The van der Waals surface area contributed by atoms with Crippen LogP contribution >= 0.6 is 11.9 Å². The first-order valence-corrected chi connectivity index (χ1v) is 10.00. The number of ether oxygens (including phenoxy) is 1. The zero-order valence-electron chi connectivity index (χ0n) is 16.2. The monoisotopic (exact) mass is 382 g/mol. The second-order valence-corrected chi connectivity index (χ2v) is 7.84. The maximum Gasteiger partial charge on any atom is 0.251 e. The van der Waals surface area contributed by atoms with Crippen LogP contribution in [-0.2, 0) is 4.74 Å². The molecule has 1 saturated carbocycles. The maximum atomic E-state index is 12.5. The lowest BCUT2D eigenvalue weighted by Gasteiger charge is -2.22. The van der Waals surface area contributed by atoms with E-state index in [0.717, 1.165) is 24.1 Å². The van der Waals surface area contributed by atoms with Gasteiger partial charge in [-0.1, -0.05) is 18.9 Å². The summed E-state index contributed by atoms with van der Waals surface area (Å²) in [6, 6.07) is 3.58. The fourth-order valence-electron chi connectivity index (χ4n) is 2.75. The summed E-state index contributed by atoms with van der Waals surface area (Å²) in [5.74, 6) is 2.75. The summed E-state index contributed by atoms with van der Waals surface area (Å²) in [6.45, 7) is 3.53. The van der Waals surface area contributed by atoms with E-state index < -0.39 is 6.10 Å². The Bertz CT molecular complexity index is 616. The number of methoxy groups -OCH3 is 1. The van der Waals surface area contributed by atoms with Gasteiger partial charge in [-0.25, -0.2) is 4.98 Å². The summed E-state index contributed by atoms with van der Waals surface area (Å²) in [5, 5.41) is 12.5. The number of pyridine rings is 1. The molecule has 0 spiro atoms. The van der Waals surface area contributed by atoms with Crippen molar-refractivity contribution >= 4 is 29.5 Å². The van der Waals surface area contributed by atoms with Crippen LogP contribution in [0.25, 0.3) is 0 Å². The van der Waals surface area contributed by atoms with Gasteiger partial charge in [-0.2, -0.15) is 0 Å². The van der Waals surface area contributed by atoms with Crippen molar-refractivity contribution in [2.75, 3.05) is 56.4 Å². The Morgan fingerprint density at radius 1 is 1.46 bits per heavy atom. The predicted molar refractivity (Wildman–Crippen MR) is 107 cm³/mol. The zero-order valence-corrected chi connectivity index (χ0v) is 17.0. The Morgan fingerprint density at radius 2 is 2.12 bits per heavy atom. The van der Waals surface area contributed by atoms with Crippen LogP contribution in [0.3, 0.4) is 0 Å². The summed E-state index contributed by atoms with van der Waals surface area (Å²) in [7, 11) is 5.45. The van der Waals surface area contributed by atoms with Crippen LogP contribution in [0, 0.1) is 11.8 Å². The van der Waals surface area contributed by atoms with Crippen molar-refractivity contribution < 1.29 is 14.6 Å². The predicted octanol–water partition coefficient (Wildman–Crippen LogP) is 1.63. The first-order valence-electron chi connectivity index (χ1n) is 8.82. The number of hydrogen-bond acceptors (Lipinski definition) is 7. The number of nitrogens with zero attached hydrogens (tertiary/aromatic N) is 3. The molecule has 1 aromatic heterocycles. The molecule has 146 valence electrons. The normalized spacial score (nSPS) is 19.8. The topological polar surface area (TPSA) is 77.9 Å². The second kappa shape index (κ2) is 9.43. The third-order valence-corrected chi connectivity index (χ3v) is 5.42. The van der Waals surface area contributed by atoms with E-state index in [0.29, 0.717) is 11.5 Å². The number of rotatable bonds is 10. The minimum atomic E-state index is -0.724. The number of aliphatic hydroxyl groups is 1. The second-order valence-electron chi connectivity index (χ2n) is 6.93. The summed E-state index contributed by atoms with van der Waals surface area (Å²) in [4.78, 5) is 19.4. The van der Waals surface area contributed by atoms with Crippen LogP contribution in [0.2, 0.25) is 0 Å². The van der Waals surface area contributed by atoms with Crippen molar-refractivity contribution in [3.63, 3.8) is 0 Å². The number of aromatic nitrogens is 1. The van der Waals surface area contributed by atoms with Crippen molar-refractivity contribution in [3.05, 3.63) is 17.7 Å². The Labute approximate surface area is 160 Å². The molecule has 0 saturated heterocycles. The molecule has 1 aliphatic rings. The Hall–Kier alpha value is -1.51. The highest BCUT2D eigenvalue weighted by Gasteiger charge is 2.33. The van der Waals surface area contributed by atoms with E-state index in [4.69, 9.17) is 9.72 Å². The molecule has 2 rings (SSSR count). The summed E-state index contributed by atoms with van der Waals surface area (Å²) in [5.41, 5.74) is 0.534. The van der Waals surface area contributed by atoms with Gasteiger partial charge in [0.1, 0.15) is 11.6 Å². The van der Waals surface area contributed by atoms with Crippen molar-refractivity contribution in [2.24, 2.45) is 11.8 Å². The van der Waals surface area contributed by atoms with Gasteiger partial charge in [0.25, 0.3) is 5.91 Å². The van der Waals surface area contributed by atoms with Crippen LogP contribution in [-0.4, -0.2) is 69.3 Å². The highest BCUT2D eigenvalue weighted by Crippen LogP contribution is 2.38. The SMILES string of the molecule is COCC(O)CNC(=O)c1cc(N(C)CC2C[C@@H]2C)nc(N(C)SC)c1. The minimum Gasteiger partial charge on any atom is -0.389 e. The smallest absolute Gasteiger partial charge is 0.251 e. The molecular weight excluding hydrogens is 352 g/mol. The van der Waals surface area contributed by atoms with Gasteiger partial charge in [-0.05, 0) is 30.4 Å². The van der Waals surface area contributed by atoms with E-state index in [2.05, 4.69) is 17.1 Å². The number of carbonyl (C=O) groups excluding carboxylic acids is 1. The maximum absolute atomic E-state index is 12.5. The molecule has 0 radical (unpaired) electrons. The molecule has 0 aromatic carbocycles. The fraction of sp³-hybridized carbons (Fsp3) is 0.667. The highest BCUT2D eigenvalue weighted by atomic mass is 32.2. The lowest BCUT2D eigenvalue weighted by Crippen LogP contribution is -2.34. The summed E-state index contributed by atoms with van der Waals surface area (Å²) < 4.78 is 6.81. The first-order chi connectivity index (χ1) is 12.3. The Balaban J connectivity index is 2.15. The van der Waals surface area contributed by atoms with Gasteiger partial charge in [0, 0.05) is 46.1 Å². The van der Waals surface area contributed by atoms with Gasteiger partial charge >= 0.3 is 0 Å².